The predicted octanol–water partition coefficient (Wildman–Crippen LogP) is 3.84. The highest BCUT2D eigenvalue weighted by Crippen LogP contribution is 2.17. The van der Waals surface area contributed by atoms with Crippen LogP contribution in [-0.4, -0.2) is 10.7 Å². The van der Waals surface area contributed by atoms with Crippen molar-refractivity contribution in [2.75, 3.05) is 0 Å². The molecule has 0 amide bonds. The Morgan fingerprint density at radius 3 is 2.64 bits per heavy atom. The molecule has 1 atom stereocenters. The second-order valence-electron chi connectivity index (χ2n) is 4.36. The van der Waals surface area contributed by atoms with E-state index in [0.29, 0.717) is 0 Å². The fourth-order valence-corrected chi connectivity index (χ4v) is 1.34. The fourth-order valence-electron chi connectivity index (χ4n) is 1.34. The third kappa shape index (κ3) is 8.06. The van der Waals surface area contributed by atoms with Gasteiger partial charge in [-0.1, -0.05) is 31.1 Å². The number of unbranched alkanes of at least 4 members (excludes halogenated alkanes) is 1. The van der Waals surface area contributed by atoms with Crippen LogP contribution in [0.15, 0.2) is 24.3 Å². The molecule has 14 heavy (non-hydrogen) atoms. The van der Waals surface area contributed by atoms with Crippen LogP contribution in [0.1, 0.15) is 52.9 Å². The van der Waals surface area contributed by atoms with Crippen LogP contribution in [0, 0.1) is 0 Å². The lowest BCUT2D eigenvalue weighted by molar-refractivity contribution is 0.0992. The van der Waals surface area contributed by atoms with Crippen molar-refractivity contribution in [2.45, 2.75) is 58.5 Å². The summed E-state index contributed by atoms with van der Waals surface area (Å²) in [6, 6.07) is 0. The molecule has 1 nitrogen and oxygen atoms in total. The summed E-state index contributed by atoms with van der Waals surface area (Å²) in [6.45, 7) is 9.89. The van der Waals surface area contributed by atoms with Crippen LogP contribution in [0.25, 0.3) is 0 Å². The Balaban J connectivity index is 3.76. The maximum absolute atomic E-state index is 9.94. The molecule has 0 aliphatic carbocycles. The molecular formula is C13H24O. The average molecular weight is 196 g/mol. The van der Waals surface area contributed by atoms with Crippen molar-refractivity contribution < 1.29 is 5.11 Å². The molecule has 0 saturated heterocycles. The van der Waals surface area contributed by atoms with E-state index in [2.05, 4.69) is 19.6 Å². The maximum Gasteiger partial charge on any atom is 0.0799 e. The molecular weight excluding hydrogens is 172 g/mol. The smallest absolute Gasteiger partial charge is 0.0799 e. The minimum atomic E-state index is -0.634. The second kappa shape index (κ2) is 6.83. The van der Waals surface area contributed by atoms with E-state index in [1.807, 2.05) is 19.9 Å². The largest absolute Gasteiger partial charge is 0.386 e. The Hall–Kier alpha value is -0.560. The van der Waals surface area contributed by atoms with Crippen molar-refractivity contribution in [2.24, 2.45) is 0 Å². The Labute approximate surface area is 88.5 Å². The standard InChI is InChI=1S/C13H24O/c1-5-6-7-10-13(4,14)11-8-9-12(2)3/h7,10,14H,2,5-6,8-9,11H2,1,3-4H3/b10-7+. The summed E-state index contributed by atoms with van der Waals surface area (Å²) in [4.78, 5) is 0. The van der Waals surface area contributed by atoms with Crippen LogP contribution < -0.4 is 0 Å². The molecule has 0 bridgehead atoms. The quantitative estimate of drug-likeness (QED) is 0.613. The highest BCUT2D eigenvalue weighted by Gasteiger charge is 2.14. The lowest BCUT2D eigenvalue weighted by Gasteiger charge is -2.18. The van der Waals surface area contributed by atoms with Crippen molar-refractivity contribution in [3.63, 3.8) is 0 Å². The van der Waals surface area contributed by atoms with Gasteiger partial charge in [0.05, 0.1) is 5.60 Å². The SMILES string of the molecule is C=C(C)CCCC(C)(O)/C=C/CCC. The summed E-state index contributed by atoms with van der Waals surface area (Å²) >= 11 is 0. The first-order valence-corrected chi connectivity index (χ1v) is 5.52. The van der Waals surface area contributed by atoms with Crippen molar-refractivity contribution in [1.29, 1.82) is 0 Å². The molecule has 0 fully saturated rings. The van der Waals surface area contributed by atoms with E-state index in [9.17, 15) is 5.11 Å². The summed E-state index contributed by atoms with van der Waals surface area (Å²) in [7, 11) is 0. The number of aliphatic hydroxyl groups is 1. The third-order valence-corrected chi connectivity index (χ3v) is 2.22. The van der Waals surface area contributed by atoms with Crippen molar-refractivity contribution >= 4 is 0 Å². The lowest BCUT2D eigenvalue weighted by atomic mass is 9.97. The molecule has 0 aromatic heterocycles. The van der Waals surface area contributed by atoms with Gasteiger partial charge >= 0.3 is 0 Å². The molecule has 0 rings (SSSR count). The maximum atomic E-state index is 9.94. The zero-order chi connectivity index (χ0) is 11.0. The van der Waals surface area contributed by atoms with Crippen LogP contribution in [0.3, 0.4) is 0 Å². The van der Waals surface area contributed by atoms with Crippen molar-refractivity contribution in [3.05, 3.63) is 24.3 Å². The molecule has 0 radical (unpaired) electrons. The van der Waals surface area contributed by atoms with Gasteiger partial charge in [-0.15, -0.1) is 6.58 Å². The van der Waals surface area contributed by atoms with E-state index in [0.717, 1.165) is 32.1 Å². The van der Waals surface area contributed by atoms with Gasteiger partial charge in [0.2, 0.25) is 0 Å². The molecule has 82 valence electrons. The highest BCUT2D eigenvalue weighted by molar-refractivity contribution is 4.99. The summed E-state index contributed by atoms with van der Waals surface area (Å²) < 4.78 is 0. The van der Waals surface area contributed by atoms with Gasteiger partial charge in [0.1, 0.15) is 0 Å². The average Bonchev–Trinajstić information content (AvgIpc) is 2.03. The summed E-state index contributed by atoms with van der Waals surface area (Å²) in [5, 5.41) is 9.94. The third-order valence-electron chi connectivity index (χ3n) is 2.22. The monoisotopic (exact) mass is 196 g/mol. The van der Waals surface area contributed by atoms with Gasteiger partial charge in [-0.25, -0.2) is 0 Å². The number of hydrogen-bond acceptors (Lipinski definition) is 1. The predicted molar refractivity (Wildman–Crippen MR) is 63.3 cm³/mol. The van der Waals surface area contributed by atoms with Crippen LogP contribution >= 0.6 is 0 Å². The first kappa shape index (κ1) is 13.4. The molecule has 0 aromatic carbocycles. The molecule has 0 aliphatic rings. The van der Waals surface area contributed by atoms with E-state index in [1.54, 1.807) is 0 Å². The van der Waals surface area contributed by atoms with Crippen LogP contribution in [0.2, 0.25) is 0 Å². The van der Waals surface area contributed by atoms with Crippen LogP contribution in [0.4, 0.5) is 0 Å². The topological polar surface area (TPSA) is 20.2 Å². The zero-order valence-electron chi connectivity index (χ0n) is 9.84. The second-order valence-corrected chi connectivity index (χ2v) is 4.36. The van der Waals surface area contributed by atoms with Crippen molar-refractivity contribution in [3.8, 4) is 0 Å². The summed E-state index contributed by atoms with van der Waals surface area (Å²) in [6.07, 6.45) is 9.03. The molecule has 1 heteroatoms. The molecule has 0 aromatic rings. The minimum absolute atomic E-state index is 0.634. The number of rotatable bonds is 7. The summed E-state index contributed by atoms with van der Waals surface area (Å²) in [5.41, 5.74) is 0.559. The van der Waals surface area contributed by atoms with Crippen LogP contribution in [0.5, 0.6) is 0 Å². The molecule has 0 spiro atoms. The lowest BCUT2D eigenvalue weighted by Crippen LogP contribution is -2.20. The normalized spacial score (nSPS) is 15.7. The van der Waals surface area contributed by atoms with Gasteiger partial charge < -0.3 is 5.11 Å². The van der Waals surface area contributed by atoms with E-state index in [4.69, 9.17) is 0 Å². The Bertz CT molecular complexity index is 189. The minimum Gasteiger partial charge on any atom is -0.386 e. The van der Waals surface area contributed by atoms with Gasteiger partial charge in [-0.2, -0.15) is 0 Å². The van der Waals surface area contributed by atoms with Gasteiger partial charge in [0.25, 0.3) is 0 Å². The molecule has 0 heterocycles. The number of allylic oxidation sites excluding steroid dienone is 2. The first-order valence-electron chi connectivity index (χ1n) is 5.52. The fraction of sp³-hybridized carbons (Fsp3) is 0.692. The van der Waals surface area contributed by atoms with Crippen molar-refractivity contribution in [1.82, 2.24) is 0 Å². The number of hydrogen-bond donors (Lipinski definition) is 1. The van der Waals surface area contributed by atoms with E-state index < -0.39 is 5.60 Å². The Morgan fingerprint density at radius 2 is 2.14 bits per heavy atom. The molecule has 0 saturated carbocycles. The first-order chi connectivity index (χ1) is 6.48. The van der Waals surface area contributed by atoms with Gasteiger partial charge in [0, 0.05) is 0 Å². The highest BCUT2D eigenvalue weighted by atomic mass is 16.3. The molecule has 1 N–H and O–H groups in total. The van der Waals surface area contributed by atoms with Gasteiger partial charge in [-0.3, -0.25) is 0 Å². The van der Waals surface area contributed by atoms with E-state index in [-0.39, 0.29) is 0 Å². The Kier molecular flexibility index (Phi) is 6.56. The zero-order valence-corrected chi connectivity index (χ0v) is 9.84. The summed E-state index contributed by atoms with van der Waals surface area (Å²) in [5.74, 6) is 0. The van der Waals surface area contributed by atoms with Gasteiger partial charge in [0.15, 0.2) is 0 Å². The molecule has 1 unspecified atom stereocenters. The van der Waals surface area contributed by atoms with Crippen LogP contribution in [-0.2, 0) is 0 Å². The van der Waals surface area contributed by atoms with E-state index >= 15 is 0 Å². The van der Waals surface area contributed by atoms with Gasteiger partial charge in [-0.05, 0) is 39.5 Å². The van der Waals surface area contributed by atoms with E-state index in [1.165, 1.54) is 5.57 Å². The Morgan fingerprint density at radius 1 is 1.50 bits per heavy atom. The molecule has 0 aliphatic heterocycles.